The number of nitrogens with zero attached hydrogens (tertiary/aromatic N) is 6. The number of aromatic nitrogens is 4. The lowest BCUT2D eigenvalue weighted by Gasteiger charge is -2.16. The van der Waals surface area contributed by atoms with Gasteiger partial charge >= 0.3 is 0 Å². The van der Waals surface area contributed by atoms with Crippen LogP contribution in [-0.2, 0) is 6.54 Å². The maximum Gasteiger partial charge on any atom is 0.263 e. The Labute approximate surface area is 162 Å². The van der Waals surface area contributed by atoms with Gasteiger partial charge in [-0.1, -0.05) is 6.07 Å². The average Bonchev–Trinajstić information content (AvgIpc) is 3.46. The normalized spacial score (nSPS) is 16.0. The zero-order valence-electron chi connectivity index (χ0n) is 15.6. The molecule has 8 nitrogen and oxygen atoms in total. The quantitative estimate of drug-likeness (QED) is 0.696. The number of pyridine rings is 2. The molecule has 0 spiro atoms. The highest BCUT2D eigenvalue weighted by Crippen LogP contribution is 2.28. The second-order valence-corrected chi connectivity index (χ2v) is 6.93. The first kappa shape index (κ1) is 16.7. The molecule has 28 heavy (non-hydrogen) atoms. The summed E-state index contributed by atoms with van der Waals surface area (Å²) in [5.74, 6) is 1.92. The molecule has 0 aliphatic carbocycles. The Morgan fingerprint density at radius 3 is 2.64 bits per heavy atom. The topological polar surface area (TPSA) is 76.4 Å². The number of ether oxygens (including phenoxy) is 1. The number of carbonyl (C=O) groups is 1. The third-order valence-corrected chi connectivity index (χ3v) is 5.20. The number of fused-ring (bicyclic) bond motifs is 1. The number of anilines is 2. The molecule has 142 valence electrons. The third-order valence-electron chi connectivity index (χ3n) is 5.20. The predicted octanol–water partition coefficient (Wildman–Crippen LogP) is 2.43. The van der Waals surface area contributed by atoms with Crippen molar-refractivity contribution >= 4 is 17.5 Å². The van der Waals surface area contributed by atoms with Crippen LogP contribution in [0.3, 0.4) is 0 Å². The molecule has 0 bridgehead atoms. The van der Waals surface area contributed by atoms with E-state index in [4.69, 9.17) is 4.74 Å². The van der Waals surface area contributed by atoms with E-state index in [1.165, 1.54) is 12.8 Å². The van der Waals surface area contributed by atoms with Crippen LogP contribution in [-0.4, -0.2) is 45.9 Å². The first-order chi connectivity index (χ1) is 13.7. The van der Waals surface area contributed by atoms with Gasteiger partial charge in [0.2, 0.25) is 5.88 Å². The molecular formula is C20H20N6O2. The highest BCUT2D eigenvalue weighted by Gasteiger charge is 2.33. The van der Waals surface area contributed by atoms with Crippen molar-refractivity contribution in [3.63, 3.8) is 0 Å². The van der Waals surface area contributed by atoms with Gasteiger partial charge in [0.25, 0.3) is 5.91 Å². The first-order valence-corrected chi connectivity index (χ1v) is 9.36. The van der Waals surface area contributed by atoms with Crippen molar-refractivity contribution in [3.8, 4) is 11.6 Å². The lowest BCUT2D eigenvalue weighted by atomic mass is 10.3. The number of carbonyl (C=O) groups excluding carboxylic acids is 1. The molecule has 5 rings (SSSR count). The Morgan fingerprint density at radius 1 is 1.07 bits per heavy atom. The van der Waals surface area contributed by atoms with Crippen LogP contribution < -0.4 is 14.5 Å². The molecule has 0 radical (unpaired) electrons. The Balaban J connectivity index is 1.38. The van der Waals surface area contributed by atoms with E-state index in [0.29, 0.717) is 23.8 Å². The zero-order chi connectivity index (χ0) is 19.1. The van der Waals surface area contributed by atoms with Crippen LogP contribution in [0.4, 0.5) is 11.6 Å². The molecule has 0 N–H and O–H groups in total. The number of methoxy groups -OCH3 is 1. The van der Waals surface area contributed by atoms with Gasteiger partial charge in [0.05, 0.1) is 36.8 Å². The van der Waals surface area contributed by atoms with Crippen molar-refractivity contribution in [1.29, 1.82) is 0 Å². The highest BCUT2D eigenvalue weighted by atomic mass is 16.5. The molecule has 0 aromatic carbocycles. The van der Waals surface area contributed by atoms with Crippen molar-refractivity contribution in [3.05, 3.63) is 54.0 Å². The van der Waals surface area contributed by atoms with Crippen molar-refractivity contribution in [1.82, 2.24) is 19.7 Å². The summed E-state index contributed by atoms with van der Waals surface area (Å²) in [5.41, 5.74) is 2.17. The van der Waals surface area contributed by atoms with Crippen LogP contribution in [0.5, 0.6) is 5.88 Å². The van der Waals surface area contributed by atoms with Gasteiger partial charge in [-0.05, 0) is 31.0 Å². The van der Waals surface area contributed by atoms with E-state index in [9.17, 15) is 4.79 Å². The Bertz CT molecular complexity index is 1020. The Morgan fingerprint density at radius 2 is 1.93 bits per heavy atom. The molecule has 1 saturated heterocycles. The molecule has 0 saturated carbocycles. The summed E-state index contributed by atoms with van der Waals surface area (Å²) < 4.78 is 6.87. The van der Waals surface area contributed by atoms with Gasteiger partial charge in [0, 0.05) is 25.4 Å². The number of hydrogen-bond acceptors (Lipinski definition) is 6. The van der Waals surface area contributed by atoms with Gasteiger partial charge < -0.3 is 9.64 Å². The van der Waals surface area contributed by atoms with Crippen molar-refractivity contribution < 1.29 is 9.53 Å². The summed E-state index contributed by atoms with van der Waals surface area (Å²) in [6.07, 6.45) is 6.01. The van der Waals surface area contributed by atoms with E-state index in [1.54, 1.807) is 35.0 Å². The molecule has 1 amide bonds. The van der Waals surface area contributed by atoms with E-state index in [2.05, 4.69) is 20.0 Å². The average molecular weight is 376 g/mol. The molecular weight excluding hydrogens is 356 g/mol. The molecule has 1 fully saturated rings. The fourth-order valence-electron chi connectivity index (χ4n) is 3.70. The summed E-state index contributed by atoms with van der Waals surface area (Å²) >= 11 is 0. The molecule has 8 heteroatoms. The summed E-state index contributed by atoms with van der Waals surface area (Å²) in [7, 11) is 1.56. The summed E-state index contributed by atoms with van der Waals surface area (Å²) in [4.78, 5) is 25.7. The van der Waals surface area contributed by atoms with Crippen LogP contribution in [0, 0.1) is 0 Å². The Kier molecular flexibility index (Phi) is 3.96. The van der Waals surface area contributed by atoms with Gasteiger partial charge in [-0.15, -0.1) is 0 Å². The number of rotatable bonds is 4. The minimum absolute atomic E-state index is 0.108. The van der Waals surface area contributed by atoms with E-state index >= 15 is 0 Å². The summed E-state index contributed by atoms with van der Waals surface area (Å²) in [6.45, 7) is 2.51. The van der Waals surface area contributed by atoms with Crippen molar-refractivity contribution in [2.24, 2.45) is 0 Å². The molecule has 0 atom stereocenters. The van der Waals surface area contributed by atoms with Gasteiger partial charge in [-0.2, -0.15) is 10.1 Å². The molecule has 3 aromatic rings. The van der Waals surface area contributed by atoms with Crippen LogP contribution in [0.25, 0.3) is 5.69 Å². The SMILES string of the molecule is COc1cccc(N2Cc3nn(-c4ccc(N5CCCC5)nc4)cc3C2=O)n1. The van der Waals surface area contributed by atoms with Crippen molar-refractivity contribution in [2.45, 2.75) is 19.4 Å². The second-order valence-electron chi connectivity index (χ2n) is 6.93. The second kappa shape index (κ2) is 6.63. The lowest BCUT2D eigenvalue weighted by Crippen LogP contribution is -2.24. The molecule has 2 aliphatic heterocycles. The summed E-state index contributed by atoms with van der Waals surface area (Å²) in [5, 5.41) is 4.60. The summed E-state index contributed by atoms with van der Waals surface area (Å²) in [6, 6.07) is 9.37. The van der Waals surface area contributed by atoms with Crippen LogP contribution in [0.1, 0.15) is 28.9 Å². The molecule has 0 unspecified atom stereocenters. The lowest BCUT2D eigenvalue weighted by molar-refractivity contribution is 0.0995. The van der Waals surface area contributed by atoms with E-state index in [-0.39, 0.29) is 5.91 Å². The third kappa shape index (κ3) is 2.77. The van der Waals surface area contributed by atoms with Gasteiger partial charge in [0.1, 0.15) is 11.6 Å². The standard InChI is InChI=1S/C20H20N6O2/c1-28-19-6-4-5-18(22-19)25-13-16-15(20(25)27)12-26(23-16)14-7-8-17(21-11-14)24-9-2-3-10-24/h4-8,11-12H,2-3,9-10,13H2,1H3. The van der Waals surface area contributed by atoms with Crippen LogP contribution in [0.15, 0.2) is 42.7 Å². The van der Waals surface area contributed by atoms with E-state index in [1.807, 2.05) is 24.4 Å². The van der Waals surface area contributed by atoms with Gasteiger partial charge in [0.15, 0.2) is 0 Å². The fourth-order valence-corrected chi connectivity index (χ4v) is 3.70. The maximum atomic E-state index is 12.8. The van der Waals surface area contributed by atoms with Gasteiger partial charge in [-0.3, -0.25) is 9.69 Å². The first-order valence-electron chi connectivity index (χ1n) is 9.36. The molecule has 3 aromatic heterocycles. The largest absolute Gasteiger partial charge is 0.481 e. The van der Waals surface area contributed by atoms with E-state index < -0.39 is 0 Å². The van der Waals surface area contributed by atoms with Crippen molar-refractivity contribution in [2.75, 3.05) is 30.0 Å². The molecule has 5 heterocycles. The maximum absolute atomic E-state index is 12.8. The fraction of sp³-hybridized carbons (Fsp3) is 0.300. The van der Waals surface area contributed by atoms with Crippen LogP contribution in [0.2, 0.25) is 0 Å². The van der Waals surface area contributed by atoms with Gasteiger partial charge in [-0.25, -0.2) is 9.67 Å². The zero-order valence-corrected chi connectivity index (χ0v) is 15.6. The number of amides is 1. The minimum Gasteiger partial charge on any atom is -0.481 e. The highest BCUT2D eigenvalue weighted by molar-refractivity contribution is 6.09. The smallest absolute Gasteiger partial charge is 0.263 e. The monoisotopic (exact) mass is 376 g/mol. The van der Waals surface area contributed by atoms with Crippen LogP contribution >= 0.6 is 0 Å². The number of hydrogen-bond donors (Lipinski definition) is 0. The molecule has 2 aliphatic rings. The Hall–Kier alpha value is -3.42. The van der Waals surface area contributed by atoms with E-state index in [0.717, 1.165) is 30.3 Å². The minimum atomic E-state index is -0.108. The predicted molar refractivity (Wildman–Crippen MR) is 104 cm³/mol.